The molecule has 4 heteroatoms. The number of benzene rings is 11. The van der Waals surface area contributed by atoms with Gasteiger partial charge in [-0.3, -0.25) is 4.79 Å². The van der Waals surface area contributed by atoms with Crippen LogP contribution in [0, 0.1) is 41.5 Å². The van der Waals surface area contributed by atoms with Gasteiger partial charge >= 0.3 is 5.97 Å². The van der Waals surface area contributed by atoms with E-state index in [4.69, 9.17) is 9.47 Å². The maximum Gasteiger partial charge on any atom is 0.308 e. The maximum atomic E-state index is 11.1. The van der Waals surface area contributed by atoms with Crippen LogP contribution in [0.25, 0.3) is 34.9 Å². The van der Waals surface area contributed by atoms with Crippen LogP contribution in [0.15, 0.2) is 303 Å². The third-order valence-electron chi connectivity index (χ3n) is 18.3. The van der Waals surface area contributed by atoms with Gasteiger partial charge < -0.3 is 14.4 Å². The zero-order chi connectivity index (χ0) is 67.5. The molecule has 0 bridgehead atoms. The van der Waals surface area contributed by atoms with Gasteiger partial charge in [0.05, 0.1) is 7.11 Å². The molecular weight excluding hydrogens is 1180 g/mol. The van der Waals surface area contributed by atoms with Gasteiger partial charge in [0.2, 0.25) is 0 Å². The van der Waals surface area contributed by atoms with Gasteiger partial charge in [0.25, 0.3) is 0 Å². The van der Waals surface area contributed by atoms with Crippen LogP contribution in [-0.4, -0.2) is 13.1 Å². The average Bonchev–Trinajstić information content (AvgIpc) is 0.848. The summed E-state index contributed by atoms with van der Waals surface area (Å²) in [5, 5.41) is 0. The Kier molecular flexibility index (Phi) is 22.5. The van der Waals surface area contributed by atoms with Crippen LogP contribution in [0.1, 0.15) is 134 Å². The lowest BCUT2D eigenvalue weighted by molar-refractivity contribution is -0.131. The molecule has 0 N–H and O–H groups in total. The first-order chi connectivity index (χ1) is 47.2. The first-order valence-electron chi connectivity index (χ1n) is 33.9. The molecule has 97 heavy (non-hydrogen) atoms. The van der Waals surface area contributed by atoms with E-state index in [9.17, 15) is 4.79 Å². The predicted molar refractivity (Wildman–Crippen MR) is 411 cm³/mol. The molecule has 0 spiro atoms. The van der Waals surface area contributed by atoms with Crippen molar-refractivity contribution in [2.24, 2.45) is 0 Å². The van der Waals surface area contributed by atoms with Crippen molar-refractivity contribution in [2.75, 3.05) is 12.0 Å². The van der Waals surface area contributed by atoms with Crippen LogP contribution >= 0.6 is 0 Å². The van der Waals surface area contributed by atoms with Gasteiger partial charge in [-0.1, -0.05) is 314 Å². The quantitative estimate of drug-likeness (QED) is 0.0459. The fourth-order valence-electron chi connectivity index (χ4n) is 12.7. The van der Waals surface area contributed by atoms with Crippen LogP contribution < -0.4 is 14.4 Å². The molecule has 0 atom stereocenters. The summed E-state index contributed by atoms with van der Waals surface area (Å²) in [6, 6.07) is 95.7. The summed E-state index contributed by atoms with van der Waals surface area (Å²) < 4.78 is 10.5. The maximum absolute atomic E-state index is 11.1. The third kappa shape index (κ3) is 17.8. The summed E-state index contributed by atoms with van der Waals surface area (Å²) in [6.45, 7) is 14.2. The Morgan fingerprint density at radius 2 is 0.588 bits per heavy atom. The molecule has 1 aliphatic carbocycles. The van der Waals surface area contributed by atoms with Crippen molar-refractivity contribution < 1.29 is 14.3 Å². The second-order valence-electron chi connectivity index (χ2n) is 25.6. The first kappa shape index (κ1) is 67.4. The molecule has 12 rings (SSSR count). The van der Waals surface area contributed by atoms with Crippen molar-refractivity contribution in [2.45, 2.75) is 86.0 Å². The molecule has 0 aromatic heterocycles. The minimum Gasteiger partial charge on any atom is -0.497 e. The third-order valence-corrected chi connectivity index (χ3v) is 18.3. The number of anilines is 3. The van der Waals surface area contributed by atoms with E-state index in [1.807, 2.05) is 24.3 Å². The van der Waals surface area contributed by atoms with Gasteiger partial charge in [0.15, 0.2) is 0 Å². The van der Waals surface area contributed by atoms with Crippen molar-refractivity contribution in [3.8, 4) is 11.5 Å². The van der Waals surface area contributed by atoms with Crippen LogP contribution in [0.5, 0.6) is 11.5 Å². The van der Waals surface area contributed by atoms with Gasteiger partial charge in [-0.05, 0) is 193 Å². The second-order valence-corrected chi connectivity index (χ2v) is 25.6. The lowest BCUT2D eigenvalue weighted by atomic mass is 9.65. The number of nitrogens with zero attached hydrogens (tertiary/aromatic N) is 1. The first-order valence-corrected chi connectivity index (χ1v) is 33.9. The van der Waals surface area contributed by atoms with E-state index in [0.717, 1.165) is 52.3 Å². The molecule has 0 aliphatic heterocycles. The highest BCUT2D eigenvalue weighted by Crippen LogP contribution is 2.46. The number of ether oxygens (including phenoxy) is 2. The topological polar surface area (TPSA) is 38.8 Å². The Hall–Kier alpha value is -11.1. The van der Waals surface area contributed by atoms with Crippen molar-refractivity contribution >= 4 is 58.0 Å². The predicted octanol–water partition coefficient (Wildman–Crippen LogP) is 24.3. The van der Waals surface area contributed by atoms with E-state index in [0.29, 0.717) is 5.75 Å². The van der Waals surface area contributed by atoms with E-state index in [1.165, 1.54) is 121 Å². The van der Waals surface area contributed by atoms with E-state index < -0.39 is 0 Å². The van der Waals surface area contributed by atoms with Crippen LogP contribution in [-0.2, 0) is 10.2 Å². The van der Waals surface area contributed by atoms with Gasteiger partial charge in [-0.15, -0.1) is 0 Å². The molecule has 1 saturated carbocycles. The smallest absolute Gasteiger partial charge is 0.308 e. The molecule has 1 aliphatic rings. The molecule has 0 heterocycles. The second kappa shape index (κ2) is 32.4. The van der Waals surface area contributed by atoms with Crippen LogP contribution in [0.4, 0.5) is 17.1 Å². The number of hydrogen-bond donors (Lipinski definition) is 0. The highest BCUT2D eigenvalue weighted by molar-refractivity contribution is 5.85. The van der Waals surface area contributed by atoms with E-state index >= 15 is 0 Å². The van der Waals surface area contributed by atoms with Crippen molar-refractivity contribution in [3.05, 3.63) is 398 Å². The molecule has 11 aromatic rings. The fourth-order valence-corrected chi connectivity index (χ4v) is 12.7. The average molecular weight is 1270 g/mol. The standard InChI is InChI=1S/C72H63N.C21H24O3/c1-52-16-34-61(35-17-52)70(62-36-18-53(2)19-37-62)13-7-10-58-28-46-67(47-29-58)73(68-48-30-59(31-49-68)11-8-14-71(63-38-20-54(3)21-39-63)64-40-22-55(4)23-41-64)69-50-32-60(33-51-69)12-9-15-72(65-42-24-56(5)25-43-65)66-44-26-57(6)27-45-66;1-16(22)24-20-12-8-18(9-13-20)21(14-4-3-5-15-21)17-6-10-19(23-2)11-7-17/h7-51H,1-6H3;6-13H,3-5,14-15H2,1-2H3/b10-7+,11-8+,12-9+;. The number of carbonyl (C=O) groups is 1. The highest BCUT2D eigenvalue weighted by Gasteiger charge is 2.36. The Balaban J connectivity index is 0.000000333. The molecule has 0 amide bonds. The molecule has 1 fully saturated rings. The Labute approximate surface area is 576 Å². The Bertz CT molecular complexity index is 4040. The SMILES string of the molecule is COc1ccc(C2(c3ccc(OC(C)=O)cc3)CCCCC2)cc1.Cc1ccc(C(=C/C=C/c2ccc(N(c3ccc(/C=C/C=C(c4ccc(C)cc4)c4ccc(C)cc4)cc3)c3ccc(/C=C/C=C(c4ccc(C)cc4)c4ccc(C)cc4)cc3)cc2)c2ccc(C)cc2)cc1. The van der Waals surface area contributed by atoms with E-state index in [2.05, 4.69) is 344 Å². The Morgan fingerprint density at radius 3 is 0.835 bits per heavy atom. The number of carbonyl (C=O) groups excluding carboxylic acids is 1. The normalized spacial score (nSPS) is 12.5. The molecular formula is C93H87NO3. The van der Waals surface area contributed by atoms with Gasteiger partial charge in [0, 0.05) is 29.4 Å². The largest absolute Gasteiger partial charge is 0.497 e. The molecule has 0 saturated heterocycles. The van der Waals surface area contributed by atoms with Gasteiger partial charge in [-0.2, -0.15) is 0 Å². The summed E-state index contributed by atoms with van der Waals surface area (Å²) in [4.78, 5) is 13.4. The summed E-state index contributed by atoms with van der Waals surface area (Å²) in [7, 11) is 1.69. The van der Waals surface area contributed by atoms with Gasteiger partial charge in [0.1, 0.15) is 11.5 Å². The fraction of sp³-hybridized carbons (Fsp3) is 0.151. The molecule has 4 nitrogen and oxygen atoms in total. The van der Waals surface area contributed by atoms with Gasteiger partial charge in [-0.25, -0.2) is 0 Å². The number of rotatable bonds is 19. The Morgan fingerprint density at radius 1 is 0.330 bits per heavy atom. The minimum atomic E-state index is -0.287. The highest BCUT2D eigenvalue weighted by atomic mass is 16.5. The minimum absolute atomic E-state index is 0.0409. The molecule has 482 valence electrons. The summed E-state index contributed by atoms with van der Waals surface area (Å²) >= 11 is 0. The lowest BCUT2D eigenvalue weighted by Crippen LogP contribution is -2.30. The van der Waals surface area contributed by atoms with E-state index in [-0.39, 0.29) is 11.4 Å². The molecule has 11 aromatic carbocycles. The molecule has 0 unspecified atom stereocenters. The summed E-state index contributed by atoms with van der Waals surface area (Å²) in [5.74, 6) is 1.20. The van der Waals surface area contributed by atoms with E-state index in [1.54, 1.807) is 7.11 Å². The number of hydrogen-bond acceptors (Lipinski definition) is 4. The van der Waals surface area contributed by atoms with Crippen molar-refractivity contribution in [1.29, 1.82) is 0 Å². The number of methoxy groups -OCH3 is 1. The summed E-state index contributed by atoms with van der Waals surface area (Å²) in [5.41, 5.74) is 27.6. The lowest BCUT2D eigenvalue weighted by Gasteiger charge is -2.38. The van der Waals surface area contributed by atoms with Crippen molar-refractivity contribution in [3.63, 3.8) is 0 Å². The number of allylic oxidation sites excluding steroid dienone is 6. The monoisotopic (exact) mass is 1270 g/mol. The van der Waals surface area contributed by atoms with Crippen LogP contribution in [0.3, 0.4) is 0 Å². The summed E-state index contributed by atoms with van der Waals surface area (Å²) in [6.07, 6.45) is 25.8. The van der Waals surface area contributed by atoms with Crippen LogP contribution in [0.2, 0.25) is 0 Å². The number of aryl methyl sites for hydroxylation is 6. The molecule has 0 radical (unpaired) electrons. The number of esters is 1. The zero-order valence-corrected chi connectivity index (χ0v) is 57.3. The van der Waals surface area contributed by atoms with Crippen molar-refractivity contribution in [1.82, 2.24) is 0 Å². The zero-order valence-electron chi connectivity index (χ0n) is 57.3.